The van der Waals surface area contributed by atoms with Crippen molar-refractivity contribution in [2.45, 2.75) is 32.6 Å². The molecule has 17 heavy (non-hydrogen) atoms. The first-order valence-corrected chi connectivity index (χ1v) is 5.95. The number of hydrogen-bond acceptors (Lipinski definition) is 2. The molecule has 0 saturated heterocycles. The SMILES string of the molecule is CC(C)c1nc2cc(CCC#N)ccc2n1C. The number of fused-ring (bicyclic) bond motifs is 1. The Morgan fingerprint density at radius 3 is 2.82 bits per heavy atom. The molecule has 0 fully saturated rings. The molecular weight excluding hydrogens is 210 g/mol. The highest BCUT2D eigenvalue weighted by molar-refractivity contribution is 5.77. The van der Waals surface area contributed by atoms with Gasteiger partial charge in [-0.05, 0) is 24.1 Å². The Bertz CT molecular complexity index is 573. The van der Waals surface area contributed by atoms with Crippen LogP contribution < -0.4 is 0 Å². The fourth-order valence-corrected chi connectivity index (χ4v) is 2.14. The number of aryl methyl sites for hydroxylation is 2. The molecular formula is C14H17N3. The largest absolute Gasteiger partial charge is 0.331 e. The number of aromatic nitrogens is 2. The van der Waals surface area contributed by atoms with Gasteiger partial charge in [0.2, 0.25) is 0 Å². The predicted molar refractivity (Wildman–Crippen MR) is 68.7 cm³/mol. The standard InChI is InChI=1S/C14H17N3/c1-10(2)14-16-12-9-11(5-4-8-15)6-7-13(12)17(14)3/h6-7,9-10H,4-5H2,1-3H3. The topological polar surface area (TPSA) is 41.6 Å². The first-order valence-electron chi connectivity index (χ1n) is 5.95. The summed E-state index contributed by atoms with van der Waals surface area (Å²) in [6.45, 7) is 4.30. The van der Waals surface area contributed by atoms with Gasteiger partial charge in [0.05, 0.1) is 17.1 Å². The van der Waals surface area contributed by atoms with E-state index in [1.165, 1.54) is 5.56 Å². The van der Waals surface area contributed by atoms with Crippen LogP contribution in [0.5, 0.6) is 0 Å². The van der Waals surface area contributed by atoms with Gasteiger partial charge in [-0.2, -0.15) is 5.26 Å². The molecule has 0 amide bonds. The summed E-state index contributed by atoms with van der Waals surface area (Å²) >= 11 is 0. The lowest BCUT2D eigenvalue weighted by atomic mass is 10.1. The highest BCUT2D eigenvalue weighted by Gasteiger charge is 2.10. The highest BCUT2D eigenvalue weighted by atomic mass is 15.1. The third-order valence-corrected chi connectivity index (χ3v) is 3.02. The summed E-state index contributed by atoms with van der Waals surface area (Å²) in [5.74, 6) is 1.53. The Labute approximate surface area is 102 Å². The number of nitrogens with zero attached hydrogens (tertiary/aromatic N) is 3. The second-order valence-corrected chi connectivity index (χ2v) is 4.66. The summed E-state index contributed by atoms with van der Waals surface area (Å²) in [4.78, 5) is 4.66. The first kappa shape index (κ1) is 11.7. The molecule has 0 bridgehead atoms. The third-order valence-electron chi connectivity index (χ3n) is 3.02. The maximum absolute atomic E-state index is 8.59. The van der Waals surface area contributed by atoms with Gasteiger partial charge < -0.3 is 4.57 Å². The van der Waals surface area contributed by atoms with Gasteiger partial charge in [-0.3, -0.25) is 0 Å². The fourth-order valence-electron chi connectivity index (χ4n) is 2.14. The Kier molecular flexibility index (Phi) is 3.14. The lowest BCUT2D eigenvalue weighted by molar-refractivity contribution is 0.722. The molecule has 1 aromatic heterocycles. The molecule has 88 valence electrons. The van der Waals surface area contributed by atoms with Gasteiger partial charge in [0.15, 0.2) is 0 Å². The number of nitriles is 1. The molecule has 2 rings (SSSR count). The van der Waals surface area contributed by atoms with Gasteiger partial charge in [0.25, 0.3) is 0 Å². The van der Waals surface area contributed by atoms with Crippen molar-refractivity contribution in [3.63, 3.8) is 0 Å². The van der Waals surface area contributed by atoms with Crippen LogP contribution in [0.25, 0.3) is 11.0 Å². The first-order chi connectivity index (χ1) is 8.13. The maximum atomic E-state index is 8.59. The zero-order valence-corrected chi connectivity index (χ0v) is 10.6. The predicted octanol–water partition coefficient (Wildman–Crippen LogP) is 3.15. The Hall–Kier alpha value is -1.82. The van der Waals surface area contributed by atoms with E-state index in [4.69, 9.17) is 5.26 Å². The van der Waals surface area contributed by atoms with Crippen molar-refractivity contribution in [3.8, 4) is 6.07 Å². The lowest BCUT2D eigenvalue weighted by Gasteiger charge is -2.04. The summed E-state index contributed by atoms with van der Waals surface area (Å²) in [6, 6.07) is 8.46. The van der Waals surface area contributed by atoms with E-state index in [-0.39, 0.29) is 0 Å². The van der Waals surface area contributed by atoms with Crippen LogP contribution in [0.15, 0.2) is 18.2 Å². The van der Waals surface area contributed by atoms with Crippen molar-refractivity contribution in [1.29, 1.82) is 5.26 Å². The number of imidazole rings is 1. The van der Waals surface area contributed by atoms with Gasteiger partial charge in [-0.25, -0.2) is 4.98 Å². The van der Waals surface area contributed by atoms with E-state index < -0.39 is 0 Å². The van der Waals surface area contributed by atoms with Crippen LogP contribution in [0.1, 0.15) is 37.6 Å². The highest BCUT2D eigenvalue weighted by Crippen LogP contribution is 2.21. The van der Waals surface area contributed by atoms with Gasteiger partial charge in [0.1, 0.15) is 5.82 Å². The van der Waals surface area contributed by atoms with Crippen molar-refractivity contribution in [2.75, 3.05) is 0 Å². The molecule has 3 nitrogen and oxygen atoms in total. The third kappa shape index (κ3) is 2.16. The zero-order valence-electron chi connectivity index (χ0n) is 10.6. The normalized spacial score (nSPS) is 11.0. The summed E-state index contributed by atoms with van der Waals surface area (Å²) in [6.07, 6.45) is 1.37. The summed E-state index contributed by atoms with van der Waals surface area (Å²) < 4.78 is 2.15. The van der Waals surface area contributed by atoms with Crippen LogP contribution in [0.4, 0.5) is 0 Å². The molecule has 0 aliphatic carbocycles. The molecule has 0 unspecified atom stereocenters. The molecule has 0 aliphatic heterocycles. The summed E-state index contributed by atoms with van der Waals surface area (Å²) in [5.41, 5.74) is 3.38. The molecule has 0 N–H and O–H groups in total. The second-order valence-electron chi connectivity index (χ2n) is 4.66. The van der Waals surface area contributed by atoms with E-state index in [0.29, 0.717) is 12.3 Å². The van der Waals surface area contributed by atoms with Gasteiger partial charge in [0, 0.05) is 19.4 Å². The minimum atomic E-state index is 0.426. The van der Waals surface area contributed by atoms with Crippen LogP contribution in [0, 0.1) is 11.3 Å². The van der Waals surface area contributed by atoms with Crippen molar-refractivity contribution < 1.29 is 0 Å². The van der Waals surface area contributed by atoms with Crippen molar-refractivity contribution in [2.24, 2.45) is 7.05 Å². The van der Waals surface area contributed by atoms with Crippen LogP contribution >= 0.6 is 0 Å². The van der Waals surface area contributed by atoms with Crippen molar-refractivity contribution >= 4 is 11.0 Å². The van der Waals surface area contributed by atoms with Crippen LogP contribution in [0.3, 0.4) is 0 Å². The maximum Gasteiger partial charge on any atom is 0.112 e. The molecule has 1 heterocycles. The molecule has 0 atom stereocenters. The Morgan fingerprint density at radius 1 is 1.41 bits per heavy atom. The zero-order chi connectivity index (χ0) is 12.4. The molecule has 1 aromatic carbocycles. The van der Waals surface area contributed by atoms with Gasteiger partial charge >= 0.3 is 0 Å². The number of benzene rings is 1. The quantitative estimate of drug-likeness (QED) is 0.808. The van der Waals surface area contributed by atoms with Gasteiger partial charge in [-0.1, -0.05) is 19.9 Å². The van der Waals surface area contributed by atoms with Crippen LogP contribution in [0.2, 0.25) is 0 Å². The van der Waals surface area contributed by atoms with Crippen LogP contribution in [-0.2, 0) is 13.5 Å². The van der Waals surface area contributed by atoms with E-state index >= 15 is 0 Å². The van der Waals surface area contributed by atoms with E-state index in [2.05, 4.69) is 54.7 Å². The molecule has 0 radical (unpaired) electrons. The smallest absolute Gasteiger partial charge is 0.112 e. The van der Waals surface area contributed by atoms with Crippen LogP contribution in [-0.4, -0.2) is 9.55 Å². The minimum Gasteiger partial charge on any atom is -0.331 e. The Balaban J connectivity index is 2.45. The van der Waals surface area contributed by atoms with Gasteiger partial charge in [-0.15, -0.1) is 0 Å². The van der Waals surface area contributed by atoms with E-state index in [1.807, 2.05) is 0 Å². The average Bonchev–Trinajstić information content (AvgIpc) is 2.64. The molecule has 0 spiro atoms. The Morgan fingerprint density at radius 2 is 2.18 bits per heavy atom. The van der Waals surface area contributed by atoms with Crippen molar-refractivity contribution in [1.82, 2.24) is 9.55 Å². The fraction of sp³-hybridized carbons (Fsp3) is 0.429. The number of rotatable bonds is 3. The number of hydrogen-bond donors (Lipinski definition) is 0. The second kappa shape index (κ2) is 4.58. The molecule has 2 aromatic rings. The summed E-state index contributed by atoms with van der Waals surface area (Å²) in [7, 11) is 2.06. The van der Waals surface area contributed by atoms with E-state index in [0.717, 1.165) is 23.3 Å². The average molecular weight is 227 g/mol. The summed E-state index contributed by atoms with van der Waals surface area (Å²) in [5, 5.41) is 8.59. The minimum absolute atomic E-state index is 0.426. The molecule has 3 heteroatoms. The molecule has 0 saturated carbocycles. The molecule has 0 aliphatic rings. The van der Waals surface area contributed by atoms with E-state index in [1.54, 1.807) is 0 Å². The van der Waals surface area contributed by atoms with Crippen molar-refractivity contribution in [3.05, 3.63) is 29.6 Å². The lowest BCUT2D eigenvalue weighted by Crippen LogP contribution is -1.99. The van der Waals surface area contributed by atoms with E-state index in [9.17, 15) is 0 Å². The monoisotopic (exact) mass is 227 g/mol.